The summed E-state index contributed by atoms with van der Waals surface area (Å²) < 4.78 is 0. The summed E-state index contributed by atoms with van der Waals surface area (Å²) in [5, 5.41) is 27.8. The number of carbonyl (C=O) groups is 2. The molecule has 0 fully saturated rings. The Kier molecular flexibility index (Phi) is 5.40. The Hall–Kier alpha value is -2.24. The fourth-order valence-corrected chi connectivity index (χ4v) is 0.804. The number of nitrogens with one attached hydrogen (secondary N) is 1. The normalized spacial score (nSPS) is 8.62. The molecule has 0 atom stereocenters. The van der Waals surface area contributed by atoms with Gasteiger partial charge in [-0.2, -0.15) is 0 Å². The number of hydrogen-bond donors (Lipinski definition) is 4. The molecule has 0 aliphatic rings. The van der Waals surface area contributed by atoms with Gasteiger partial charge in [-0.3, -0.25) is 9.59 Å². The highest BCUT2D eigenvalue weighted by atomic mass is 16.4. The number of anilines is 1. The Morgan fingerprint density at radius 1 is 1.12 bits per heavy atom. The largest absolute Gasteiger partial charge is 0.504 e. The van der Waals surface area contributed by atoms with E-state index in [4.69, 9.17) is 20.1 Å². The molecule has 1 rings (SSSR count). The summed E-state index contributed by atoms with van der Waals surface area (Å²) in [6.07, 6.45) is 0. The zero-order valence-electron chi connectivity index (χ0n) is 8.89. The van der Waals surface area contributed by atoms with E-state index in [0.717, 1.165) is 6.92 Å². The van der Waals surface area contributed by atoms with Crippen LogP contribution in [0.2, 0.25) is 0 Å². The SMILES string of the molecule is CC(=O)Nc1ccc(O)c(O)c1.CC(=O)O. The summed E-state index contributed by atoms with van der Waals surface area (Å²) in [5.41, 5.74) is 0.456. The summed E-state index contributed by atoms with van der Waals surface area (Å²) >= 11 is 0. The number of phenols is 2. The number of carboxylic acid groups (broad SMARTS) is 1. The Morgan fingerprint density at radius 2 is 1.62 bits per heavy atom. The summed E-state index contributed by atoms with van der Waals surface area (Å²) in [7, 11) is 0. The van der Waals surface area contributed by atoms with Crippen molar-refractivity contribution in [2.75, 3.05) is 5.32 Å². The average Bonchev–Trinajstić information content (AvgIpc) is 2.09. The molecule has 0 heterocycles. The van der Waals surface area contributed by atoms with E-state index in [1.54, 1.807) is 0 Å². The predicted octanol–water partition coefficient (Wildman–Crippen LogP) is 1.15. The molecule has 0 saturated heterocycles. The van der Waals surface area contributed by atoms with E-state index in [1.165, 1.54) is 25.1 Å². The number of hydrogen-bond acceptors (Lipinski definition) is 4. The zero-order valence-corrected chi connectivity index (χ0v) is 8.89. The van der Waals surface area contributed by atoms with Crippen molar-refractivity contribution in [1.82, 2.24) is 0 Å². The first kappa shape index (κ1) is 13.8. The minimum atomic E-state index is -0.833. The molecule has 0 radical (unpaired) electrons. The molecule has 6 heteroatoms. The molecule has 6 nitrogen and oxygen atoms in total. The van der Waals surface area contributed by atoms with E-state index in [2.05, 4.69) is 5.32 Å². The Morgan fingerprint density at radius 3 is 2.00 bits per heavy atom. The number of aromatic hydroxyl groups is 2. The third-order valence-electron chi connectivity index (χ3n) is 1.30. The maximum absolute atomic E-state index is 10.6. The van der Waals surface area contributed by atoms with Crippen LogP contribution in [-0.2, 0) is 9.59 Å². The summed E-state index contributed by atoms with van der Waals surface area (Å²) in [6.45, 7) is 2.45. The van der Waals surface area contributed by atoms with Crippen molar-refractivity contribution >= 4 is 17.6 Å². The van der Waals surface area contributed by atoms with Crippen LogP contribution in [0.25, 0.3) is 0 Å². The first-order valence-corrected chi connectivity index (χ1v) is 4.32. The van der Waals surface area contributed by atoms with Gasteiger partial charge in [0.1, 0.15) is 0 Å². The van der Waals surface area contributed by atoms with E-state index in [-0.39, 0.29) is 17.4 Å². The van der Waals surface area contributed by atoms with Crippen LogP contribution in [0, 0.1) is 0 Å². The lowest BCUT2D eigenvalue weighted by molar-refractivity contribution is -0.134. The molecule has 0 aromatic heterocycles. The molecule has 1 aromatic rings. The number of carbonyl (C=O) groups excluding carboxylic acids is 1. The van der Waals surface area contributed by atoms with Gasteiger partial charge in [-0.05, 0) is 12.1 Å². The van der Waals surface area contributed by atoms with Gasteiger partial charge >= 0.3 is 0 Å². The average molecular weight is 227 g/mol. The third kappa shape index (κ3) is 6.25. The van der Waals surface area contributed by atoms with Gasteiger partial charge in [-0.25, -0.2) is 0 Å². The number of carboxylic acids is 1. The number of amides is 1. The van der Waals surface area contributed by atoms with Crippen LogP contribution in [0.5, 0.6) is 11.5 Å². The van der Waals surface area contributed by atoms with Crippen molar-refractivity contribution in [1.29, 1.82) is 0 Å². The second kappa shape index (κ2) is 6.28. The molecular formula is C10H13NO5. The maximum atomic E-state index is 10.6. The molecule has 0 aliphatic carbocycles. The molecule has 1 amide bonds. The minimum absolute atomic E-state index is 0.205. The van der Waals surface area contributed by atoms with Crippen molar-refractivity contribution in [3.63, 3.8) is 0 Å². The van der Waals surface area contributed by atoms with Gasteiger partial charge in [-0.1, -0.05) is 0 Å². The van der Waals surface area contributed by atoms with Gasteiger partial charge in [0.15, 0.2) is 11.5 Å². The van der Waals surface area contributed by atoms with Crippen LogP contribution >= 0.6 is 0 Å². The fraction of sp³-hybridized carbons (Fsp3) is 0.200. The molecule has 0 spiro atoms. The van der Waals surface area contributed by atoms with Crippen LogP contribution < -0.4 is 5.32 Å². The highest BCUT2D eigenvalue weighted by Crippen LogP contribution is 2.27. The zero-order chi connectivity index (χ0) is 12.7. The number of rotatable bonds is 1. The lowest BCUT2D eigenvalue weighted by Gasteiger charge is -2.02. The quantitative estimate of drug-likeness (QED) is 0.425. The van der Waals surface area contributed by atoms with Crippen molar-refractivity contribution in [2.45, 2.75) is 13.8 Å². The molecule has 0 saturated carbocycles. The second-order valence-corrected chi connectivity index (χ2v) is 2.90. The van der Waals surface area contributed by atoms with Crippen molar-refractivity contribution in [2.24, 2.45) is 0 Å². The molecule has 88 valence electrons. The predicted molar refractivity (Wildman–Crippen MR) is 57.4 cm³/mol. The van der Waals surface area contributed by atoms with Gasteiger partial charge in [0, 0.05) is 25.6 Å². The number of phenolic OH excluding ortho intramolecular Hbond substituents is 2. The third-order valence-corrected chi connectivity index (χ3v) is 1.30. The van der Waals surface area contributed by atoms with Gasteiger partial charge in [0.05, 0.1) is 0 Å². The first-order chi connectivity index (χ1) is 7.32. The van der Waals surface area contributed by atoms with Crippen LogP contribution in [0.15, 0.2) is 18.2 Å². The fourth-order valence-electron chi connectivity index (χ4n) is 0.804. The minimum Gasteiger partial charge on any atom is -0.504 e. The van der Waals surface area contributed by atoms with Gasteiger partial charge < -0.3 is 20.6 Å². The monoisotopic (exact) mass is 227 g/mol. The standard InChI is InChI=1S/C8H9NO3.C2H4O2/c1-5(10)9-6-2-3-7(11)8(12)4-6;1-2(3)4/h2-4,11-12H,1H3,(H,9,10);1H3,(H,3,4). The lowest BCUT2D eigenvalue weighted by atomic mass is 10.3. The highest BCUT2D eigenvalue weighted by Gasteiger charge is 2.00. The van der Waals surface area contributed by atoms with Gasteiger partial charge in [0.2, 0.25) is 5.91 Å². The van der Waals surface area contributed by atoms with E-state index in [9.17, 15) is 4.79 Å². The topological polar surface area (TPSA) is 107 Å². The van der Waals surface area contributed by atoms with E-state index in [0.29, 0.717) is 5.69 Å². The summed E-state index contributed by atoms with van der Waals surface area (Å²) in [5.74, 6) is -1.51. The number of aliphatic carboxylic acids is 1. The van der Waals surface area contributed by atoms with Crippen LogP contribution in [0.4, 0.5) is 5.69 Å². The number of benzene rings is 1. The Labute approximate surface area is 92.2 Å². The molecule has 0 unspecified atom stereocenters. The van der Waals surface area contributed by atoms with Crippen molar-refractivity contribution in [3.05, 3.63) is 18.2 Å². The molecule has 1 aromatic carbocycles. The Balaban J connectivity index is 0.000000487. The van der Waals surface area contributed by atoms with Crippen molar-refractivity contribution < 1.29 is 24.9 Å². The van der Waals surface area contributed by atoms with Crippen LogP contribution in [0.3, 0.4) is 0 Å². The van der Waals surface area contributed by atoms with Gasteiger partial charge in [-0.15, -0.1) is 0 Å². The van der Waals surface area contributed by atoms with E-state index in [1.807, 2.05) is 0 Å². The summed E-state index contributed by atoms with van der Waals surface area (Å²) in [6, 6.07) is 4.08. The molecule has 16 heavy (non-hydrogen) atoms. The maximum Gasteiger partial charge on any atom is 0.300 e. The van der Waals surface area contributed by atoms with Crippen LogP contribution in [-0.4, -0.2) is 27.2 Å². The van der Waals surface area contributed by atoms with E-state index < -0.39 is 5.97 Å². The second-order valence-electron chi connectivity index (χ2n) is 2.90. The van der Waals surface area contributed by atoms with Crippen LogP contribution in [0.1, 0.15) is 13.8 Å². The van der Waals surface area contributed by atoms with Gasteiger partial charge in [0.25, 0.3) is 5.97 Å². The molecule has 4 N–H and O–H groups in total. The van der Waals surface area contributed by atoms with Crippen molar-refractivity contribution in [3.8, 4) is 11.5 Å². The lowest BCUT2D eigenvalue weighted by Crippen LogP contribution is -2.05. The smallest absolute Gasteiger partial charge is 0.300 e. The first-order valence-electron chi connectivity index (χ1n) is 4.32. The Bertz CT molecular complexity index is 385. The summed E-state index contributed by atoms with van der Waals surface area (Å²) in [4.78, 5) is 19.6. The molecule has 0 aliphatic heterocycles. The molecule has 0 bridgehead atoms. The van der Waals surface area contributed by atoms with E-state index >= 15 is 0 Å². The highest BCUT2D eigenvalue weighted by molar-refractivity contribution is 5.89. The molecular weight excluding hydrogens is 214 g/mol.